The summed E-state index contributed by atoms with van der Waals surface area (Å²) in [6.07, 6.45) is 1.33. The van der Waals surface area contributed by atoms with Crippen LogP contribution in [0.15, 0.2) is 18.3 Å². The molecule has 1 heterocycles. The number of carboxylic acid groups (broad SMARTS) is 1. The van der Waals surface area contributed by atoms with E-state index in [-0.39, 0.29) is 25.6 Å². The molecule has 128 valence electrons. The summed E-state index contributed by atoms with van der Waals surface area (Å²) in [5, 5.41) is 8.96. The zero-order valence-corrected chi connectivity index (χ0v) is 15.5. The van der Waals surface area contributed by atoms with Gasteiger partial charge >= 0.3 is 5.97 Å². The maximum atomic E-state index is 11.0. The Kier molecular flexibility index (Phi) is 7.02. The van der Waals surface area contributed by atoms with Crippen molar-refractivity contribution in [1.29, 1.82) is 0 Å². The Morgan fingerprint density at radius 2 is 1.33 bits per heavy atom. The molecule has 0 unspecified atom stereocenters. The molecular formula is C13H15N5O2S4. The maximum Gasteiger partial charge on any atom is 0.354 e. The first-order valence-electron chi connectivity index (χ1n) is 6.44. The lowest BCUT2D eigenvalue weighted by atomic mass is 9.76. The van der Waals surface area contributed by atoms with Crippen molar-refractivity contribution in [1.82, 2.24) is 4.98 Å². The number of hydrogen-bond donors (Lipinski definition) is 5. The van der Waals surface area contributed by atoms with E-state index >= 15 is 0 Å². The molecule has 9 N–H and O–H groups in total. The number of hydrogen-bond acceptors (Lipinski definition) is 6. The Morgan fingerprint density at radius 1 is 0.917 bits per heavy atom. The summed E-state index contributed by atoms with van der Waals surface area (Å²) < 4.78 is 0. The normalized spacial score (nSPS) is 10.8. The van der Waals surface area contributed by atoms with Crippen molar-refractivity contribution in [2.24, 2.45) is 34.8 Å². The number of thiocarbonyl (C=S) groups is 4. The van der Waals surface area contributed by atoms with Crippen LogP contribution in [-0.2, 0) is 0 Å². The van der Waals surface area contributed by atoms with Gasteiger partial charge in [0.25, 0.3) is 0 Å². The Bertz CT molecular complexity index is 647. The molecule has 1 aromatic heterocycles. The number of nitrogens with two attached hydrogens (primary N) is 4. The van der Waals surface area contributed by atoms with Crippen LogP contribution in [-0.4, -0.2) is 36.0 Å². The van der Waals surface area contributed by atoms with Crippen LogP contribution >= 0.6 is 48.9 Å². The van der Waals surface area contributed by atoms with Crippen LogP contribution in [0.25, 0.3) is 0 Å². The number of aromatic nitrogens is 1. The summed E-state index contributed by atoms with van der Waals surface area (Å²) in [5.41, 5.74) is 23.5. The minimum absolute atomic E-state index is 0.0207. The van der Waals surface area contributed by atoms with E-state index in [0.29, 0.717) is 5.56 Å². The highest BCUT2D eigenvalue weighted by molar-refractivity contribution is 7.82. The smallest absolute Gasteiger partial charge is 0.354 e. The van der Waals surface area contributed by atoms with Crippen molar-refractivity contribution in [2.75, 3.05) is 0 Å². The standard InChI is InChI=1S/C13H15N5O2S4/c14-9(21)7(10(15)22)6(8(11(16)23)12(17)24)4-1-2-5(13(19)20)18-3-4/h1-3,6-8H,(H2,14,21)(H2,15,22)(H2,16,23)(H2,17,24)(H,19,20). The maximum absolute atomic E-state index is 11.0. The molecule has 7 nitrogen and oxygen atoms in total. The molecular weight excluding hydrogens is 386 g/mol. The van der Waals surface area contributed by atoms with Crippen LogP contribution in [0, 0.1) is 11.8 Å². The van der Waals surface area contributed by atoms with Gasteiger partial charge in [-0.3, -0.25) is 0 Å². The first-order chi connectivity index (χ1) is 11.1. The van der Waals surface area contributed by atoms with Crippen molar-refractivity contribution < 1.29 is 9.90 Å². The summed E-state index contributed by atoms with van der Waals surface area (Å²) in [4.78, 5) is 14.9. The summed E-state index contributed by atoms with van der Waals surface area (Å²) in [7, 11) is 0. The molecule has 0 fully saturated rings. The SMILES string of the molecule is NC(=S)C(C(N)=S)C(c1ccc(C(=O)O)nc1)C(C(N)=S)C(N)=S. The van der Waals surface area contributed by atoms with E-state index in [1.807, 2.05) is 0 Å². The minimum atomic E-state index is -1.17. The second-order valence-electron chi connectivity index (χ2n) is 4.87. The second kappa shape index (κ2) is 8.33. The van der Waals surface area contributed by atoms with E-state index in [9.17, 15) is 4.79 Å². The lowest BCUT2D eigenvalue weighted by molar-refractivity contribution is 0.0690. The highest BCUT2D eigenvalue weighted by Gasteiger charge is 2.38. The number of carboxylic acids is 1. The van der Waals surface area contributed by atoms with Crippen molar-refractivity contribution in [3.8, 4) is 0 Å². The summed E-state index contributed by atoms with van der Waals surface area (Å²) in [6.45, 7) is 0. The van der Waals surface area contributed by atoms with Gasteiger partial charge in [0.1, 0.15) is 5.69 Å². The molecule has 0 aliphatic carbocycles. The van der Waals surface area contributed by atoms with E-state index in [4.69, 9.17) is 76.9 Å². The van der Waals surface area contributed by atoms with Gasteiger partial charge in [0.2, 0.25) is 0 Å². The van der Waals surface area contributed by atoms with Gasteiger partial charge in [0.15, 0.2) is 0 Å². The Labute approximate surface area is 159 Å². The Morgan fingerprint density at radius 3 is 1.58 bits per heavy atom. The fraction of sp³-hybridized carbons (Fsp3) is 0.231. The van der Waals surface area contributed by atoms with E-state index < -0.39 is 23.7 Å². The predicted octanol–water partition coefficient (Wildman–Crippen LogP) is 0.240. The van der Waals surface area contributed by atoms with Crippen LogP contribution in [0.1, 0.15) is 22.0 Å². The van der Waals surface area contributed by atoms with E-state index in [0.717, 1.165) is 0 Å². The van der Waals surface area contributed by atoms with Crippen molar-refractivity contribution in [2.45, 2.75) is 5.92 Å². The first kappa shape index (κ1) is 20.2. The highest BCUT2D eigenvalue weighted by atomic mass is 32.1. The monoisotopic (exact) mass is 401 g/mol. The Hall–Kier alpha value is -1.82. The van der Waals surface area contributed by atoms with Gasteiger partial charge in [-0.25, -0.2) is 9.78 Å². The zero-order valence-electron chi connectivity index (χ0n) is 12.2. The molecule has 1 aromatic rings. The first-order valence-corrected chi connectivity index (χ1v) is 8.07. The summed E-state index contributed by atoms with van der Waals surface area (Å²) in [5.74, 6) is -3.40. The molecule has 0 atom stereocenters. The molecule has 0 saturated carbocycles. The molecule has 24 heavy (non-hydrogen) atoms. The third kappa shape index (κ3) is 4.60. The van der Waals surface area contributed by atoms with Crippen LogP contribution in [0.3, 0.4) is 0 Å². The highest BCUT2D eigenvalue weighted by Crippen LogP contribution is 2.34. The number of aromatic carboxylic acids is 1. The van der Waals surface area contributed by atoms with Crippen molar-refractivity contribution in [3.63, 3.8) is 0 Å². The molecule has 0 saturated heterocycles. The van der Waals surface area contributed by atoms with Crippen LogP contribution < -0.4 is 22.9 Å². The average Bonchev–Trinajstić information content (AvgIpc) is 2.45. The molecule has 11 heteroatoms. The molecule has 0 bridgehead atoms. The lowest BCUT2D eigenvalue weighted by Crippen LogP contribution is -2.46. The van der Waals surface area contributed by atoms with Gasteiger partial charge in [-0.2, -0.15) is 0 Å². The summed E-state index contributed by atoms with van der Waals surface area (Å²) in [6, 6.07) is 2.84. The van der Waals surface area contributed by atoms with Crippen molar-refractivity contribution in [3.05, 3.63) is 29.6 Å². The van der Waals surface area contributed by atoms with Gasteiger partial charge in [0, 0.05) is 12.1 Å². The van der Waals surface area contributed by atoms with E-state index in [2.05, 4.69) is 4.98 Å². The van der Waals surface area contributed by atoms with Gasteiger partial charge in [-0.1, -0.05) is 54.9 Å². The van der Waals surface area contributed by atoms with Crippen LogP contribution in [0.2, 0.25) is 0 Å². The number of pyridine rings is 1. The fourth-order valence-corrected chi connectivity index (χ4v) is 3.54. The lowest BCUT2D eigenvalue weighted by Gasteiger charge is -2.32. The Balaban J connectivity index is 3.54. The van der Waals surface area contributed by atoms with Gasteiger partial charge < -0.3 is 28.0 Å². The minimum Gasteiger partial charge on any atom is -0.477 e. The topological polar surface area (TPSA) is 154 Å². The molecule has 0 radical (unpaired) electrons. The molecule has 0 amide bonds. The molecule has 1 rings (SSSR count). The third-order valence-corrected chi connectivity index (χ3v) is 4.35. The quantitative estimate of drug-likeness (QED) is 0.380. The van der Waals surface area contributed by atoms with Gasteiger partial charge in [-0.15, -0.1) is 0 Å². The zero-order chi connectivity index (χ0) is 18.6. The van der Waals surface area contributed by atoms with Gasteiger partial charge in [-0.05, 0) is 11.6 Å². The van der Waals surface area contributed by atoms with Crippen molar-refractivity contribution >= 4 is 74.8 Å². The number of rotatable bonds is 8. The molecule has 0 aliphatic rings. The van der Waals surface area contributed by atoms with E-state index in [1.165, 1.54) is 18.3 Å². The number of carbonyl (C=O) groups is 1. The number of nitrogens with zero attached hydrogens (tertiary/aromatic N) is 1. The average molecular weight is 402 g/mol. The third-order valence-electron chi connectivity index (χ3n) is 3.33. The van der Waals surface area contributed by atoms with Gasteiger partial charge in [0.05, 0.1) is 31.8 Å². The second-order valence-corrected chi connectivity index (χ2v) is 6.76. The van der Waals surface area contributed by atoms with Crippen LogP contribution in [0.5, 0.6) is 0 Å². The fourth-order valence-electron chi connectivity index (χ4n) is 2.29. The van der Waals surface area contributed by atoms with E-state index in [1.54, 1.807) is 0 Å². The predicted molar refractivity (Wildman–Crippen MR) is 108 cm³/mol. The largest absolute Gasteiger partial charge is 0.477 e. The summed E-state index contributed by atoms with van der Waals surface area (Å²) >= 11 is 20.2. The molecule has 0 spiro atoms. The molecule has 0 aliphatic heterocycles. The van der Waals surface area contributed by atoms with Crippen LogP contribution in [0.4, 0.5) is 0 Å². The molecule has 0 aromatic carbocycles.